The van der Waals surface area contributed by atoms with Crippen LogP contribution < -0.4 is 4.74 Å². The standard InChI is InChI=1S/C20H16ClFN4O3S/c1-3-10-29-18-9-4-14(11-17(18)21)19(12-25(27)28)30-20-24-23-13(2)26(20)16-7-5-15(22)6-8-16/h1,4-9,11,19H,10,12H2,2H3/t19-/m1/s1. The van der Waals surface area contributed by atoms with Gasteiger partial charge in [0.25, 0.3) is 0 Å². The van der Waals surface area contributed by atoms with Crippen molar-refractivity contribution in [2.24, 2.45) is 0 Å². The van der Waals surface area contributed by atoms with E-state index in [0.29, 0.717) is 33.0 Å². The zero-order valence-corrected chi connectivity index (χ0v) is 17.4. The summed E-state index contributed by atoms with van der Waals surface area (Å²) in [5, 5.41) is 19.7. The molecule has 0 bridgehead atoms. The lowest BCUT2D eigenvalue weighted by Gasteiger charge is -2.15. The van der Waals surface area contributed by atoms with Crippen LogP contribution in [-0.2, 0) is 0 Å². The number of terminal acetylenes is 1. The zero-order chi connectivity index (χ0) is 21.7. The predicted molar refractivity (Wildman–Crippen MR) is 112 cm³/mol. The highest BCUT2D eigenvalue weighted by molar-refractivity contribution is 7.99. The maximum Gasteiger partial charge on any atom is 0.220 e. The van der Waals surface area contributed by atoms with Crippen LogP contribution in [0.3, 0.4) is 0 Å². The van der Waals surface area contributed by atoms with Gasteiger partial charge in [0.2, 0.25) is 6.54 Å². The van der Waals surface area contributed by atoms with Gasteiger partial charge in [-0.15, -0.1) is 16.6 Å². The van der Waals surface area contributed by atoms with Gasteiger partial charge in [-0.3, -0.25) is 14.7 Å². The first-order chi connectivity index (χ1) is 14.4. The molecule has 2 aromatic carbocycles. The first kappa shape index (κ1) is 21.6. The van der Waals surface area contributed by atoms with E-state index in [-0.39, 0.29) is 19.0 Å². The Morgan fingerprint density at radius 3 is 2.70 bits per heavy atom. The predicted octanol–water partition coefficient (Wildman–Crippen LogP) is 4.49. The first-order valence-electron chi connectivity index (χ1n) is 8.71. The molecule has 0 saturated heterocycles. The van der Waals surface area contributed by atoms with E-state index < -0.39 is 10.2 Å². The average Bonchev–Trinajstić information content (AvgIpc) is 3.07. The number of aromatic nitrogens is 3. The molecule has 1 atom stereocenters. The molecule has 0 amide bonds. The van der Waals surface area contributed by atoms with Crippen molar-refractivity contribution in [1.29, 1.82) is 0 Å². The summed E-state index contributed by atoms with van der Waals surface area (Å²) in [5.41, 5.74) is 1.28. The number of aryl methyl sites for hydroxylation is 1. The molecular formula is C20H16ClFN4O3S. The topological polar surface area (TPSA) is 83.1 Å². The molecule has 1 heterocycles. The lowest BCUT2D eigenvalue weighted by Crippen LogP contribution is -2.11. The quantitative estimate of drug-likeness (QED) is 0.219. The number of nitro groups is 1. The number of rotatable bonds is 8. The van der Waals surface area contributed by atoms with Crippen molar-refractivity contribution < 1.29 is 14.1 Å². The molecule has 7 nitrogen and oxygen atoms in total. The Bertz CT molecular complexity index is 1100. The van der Waals surface area contributed by atoms with Gasteiger partial charge in [0, 0.05) is 10.6 Å². The van der Waals surface area contributed by atoms with E-state index in [4.69, 9.17) is 22.8 Å². The Kier molecular flexibility index (Phi) is 6.92. The minimum Gasteiger partial charge on any atom is -0.479 e. The molecule has 0 unspecified atom stereocenters. The highest BCUT2D eigenvalue weighted by atomic mass is 35.5. The highest BCUT2D eigenvalue weighted by Crippen LogP contribution is 2.38. The van der Waals surface area contributed by atoms with Gasteiger partial charge in [0.15, 0.2) is 5.16 Å². The number of nitrogens with zero attached hydrogens (tertiary/aromatic N) is 4. The van der Waals surface area contributed by atoms with Gasteiger partial charge in [-0.05, 0) is 48.9 Å². The van der Waals surface area contributed by atoms with Crippen LogP contribution in [0.2, 0.25) is 5.02 Å². The molecule has 3 rings (SSSR count). The van der Waals surface area contributed by atoms with Crippen LogP contribution in [0.25, 0.3) is 5.69 Å². The lowest BCUT2D eigenvalue weighted by atomic mass is 10.1. The number of halogens is 2. The molecule has 30 heavy (non-hydrogen) atoms. The average molecular weight is 447 g/mol. The maximum absolute atomic E-state index is 13.3. The Labute approximate surface area is 181 Å². The second-order valence-corrected chi connectivity index (χ2v) is 7.72. The molecule has 1 aromatic heterocycles. The van der Waals surface area contributed by atoms with Crippen molar-refractivity contribution in [2.45, 2.75) is 17.3 Å². The third-order valence-electron chi connectivity index (χ3n) is 4.08. The van der Waals surface area contributed by atoms with Gasteiger partial charge in [-0.25, -0.2) is 4.39 Å². The fourth-order valence-electron chi connectivity index (χ4n) is 2.73. The number of hydrogen-bond acceptors (Lipinski definition) is 6. The summed E-state index contributed by atoms with van der Waals surface area (Å²) in [6.07, 6.45) is 5.19. The molecule has 154 valence electrons. The van der Waals surface area contributed by atoms with Gasteiger partial charge in [-0.1, -0.05) is 35.3 Å². The van der Waals surface area contributed by atoms with Gasteiger partial charge in [0.1, 0.15) is 29.2 Å². The molecule has 0 aliphatic rings. The Hall–Kier alpha value is -3.09. The number of benzene rings is 2. The van der Waals surface area contributed by atoms with Gasteiger partial charge >= 0.3 is 0 Å². The van der Waals surface area contributed by atoms with Crippen molar-refractivity contribution in [3.05, 3.63) is 74.8 Å². The summed E-state index contributed by atoms with van der Waals surface area (Å²) in [6, 6.07) is 10.8. The van der Waals surface area contributed by atoms with Crippen LogP contribution in [0.4, 0.5) is 4.39 Å². The minimum absolute atomic E-state index is 0.0617. The second kappa shape index (κ2) is 9.61. The third kappa shape index (κ3) is 5.09. The van der Waals surface area contributed by atoms with Crippen molar-refractivity contribution in [1.82, 2.24) is 14.8 Å². The van der Waals surface area contributed by atoms with Crippen LogP contribution >= 0.6 is 23.4 Å². The maximum atomic E-state index is 13.3. The summed E-state index contributed by atoms with van der Waals surface area (Å²) in [5.74, 6) is 2.95. The van der Waals surface area contributed by atoms with Crippen LogP contribution in [0.15, 0.2) is 47.6 Å². The number of thioether (sulfide) groups is 1. The van der Waals surface area contributed by atoms with E-state index >= 15 is 0 Å². The van der Waals surface area contributed by atoms with E-state index in [9.17, 15) is 14.5 Å². The van der Waals surface area contributed by atoms with Crippen LogP contribution in [0.5, 0.6) is 5.75 Å². The SMILES string of the molecule is C#CCOc1ccc([C@@H](C[N+](=O)[O-])Sc2nnc(C)n2-c2ccc(F)cc2)cc1Cl. The van der Waals surface area contributed by atoms with E-state index in [1.807, 2.05) is 0 Å². The fourth-order valence-corrected chi connectivity index (χ4v) is 4.14. The number of ether oxygens (including phenoxy) is 1. The molecule has 3 aromatic rings. The van der Waals surface area contributed by atoms with E-state index in [1.54, 1.807) is 41.8 Å². The summed E-state index contributed by atoms with van der Waals surface area (Å²) >= 11 is 7.42. The molecule has 0 aliphatic heterocycles. The van der Waals surface area contributed by atoms with Crippen LogP contribution in [-0.4, -0.2) is 32.8 Å². The van der Waals surface area contributed by atoms with Gasteiger partial charge in [-0.2, -0.15) is 0 Å². The summed E-state index contributed by atoms with van der Waals surface area (Å²) < 4.78 is 20.4. The molecule has 0 saturated carbocycles. The number of hydrogen-bond donors (Lipinski definition) is 0. The molecule has 0 N–H and O–H groups in total. The van der Waals surface area contributed by atoms with E-state index in [1.165, 1.54) is 23.9 Å². The van der Waals surface area contributed by atoms with Crippen molar-refractivity contribution >= 4 is 23.4 Å². The Morgan fingerprint density at radius 1 is 1.33 bits per heavy atom. The Morgan fingerprint density at radius 2 is 2.07 bits per heavy atom. The first-order valence-corrected chi connectivity index (χ1v) is 9.97. The van der Waals surface area contributed by atoms with Crippen LogP contribution in [0, 0.1) is 35.2 Å². The summed E-state index contributed by atoms with van der Waals surface area (Å²) in [7, 11) is 0. The van der Waals surface area contributed by atoms with Crippen molar-refractivity contribution in [3.8, 4) is 23.8 Å². The summed E-state index contributed by atoms with van der Waals surface area (Å²) in [6.45, 7) is 1.45. The smallest absolute Gasteiger partial charge is 0.220 e. The third-order valence-corrected chi connectivity index (χ3v) is 5.56. The van der Waals surface area contributed by atoms with Gasteiger partial charge in [0.05, 0.1) is 5.02 Å². The van der Waals surface area contributed by atoms with Crippen molar-refractivity contribution in [3.63, 3.8) is 0 Å². The molecule has 0 aliphatic carbocycles. The molecule has 0 radical (unpaired) electrons. The highest BCUT2D eigenvalue weighted by Gasteiger charge is 2.24. The van der Waals surface area contributed by atoms with Gasteiger partial charge < -0.3 is 4.74 Å². The van der Waals surface area contributed by atoms with Crippen molar-refractivity contribution in [2.75, 3.05) is 13.2 Å². The monoisotopic (exact) mass is 446 g/mol. The largest absolute Gasteiger partial charge is 0.479 e. The van der Waals surface area contributed by atoms with E-state index in [2.05, 4.69) is 16.1 Å². The second-order valence-electron chi connectivity index (χ2n) is 6.15. The lowest BCUT2D eigenvalue weighted by molar-refractivity contribution is -0.479. The molecular weight excluding hydrogens is 431 g/mol. The molecule has 0 fully saturated rings. The summed E-state index contributed by atoms with van der Waals surface area (Å²) in [4.78, 5) is 10.9. The molecule has 10 heteroatoms. The van der Waals surface area contributed by atoms with Crippen LogP contribution in [0.1, 0.15) is 16.6 Å². The minimum atomic E-state index is -0.595. The fraction of sp³-hybridized carbons (Fsp3) is 0.200. The normalized spacial score (nSPS) is 11.7. The zero-order valence-electron chi connectivity index (χ0n) is 15.8. The Balaban J connectivity index is 1.93. The van der Waals surface area contributed by atoms with E-state index in [0.717, 1.165) is 0 Å². The molecule has 0 spiro atoms.